The second kappa shape index (κ2) is 8.76. The summed E-state index contributed by atoms with van der Waals surface area (Å²) in [6.07, 6.45) is 4.24. The maximum absolute atomic E-state index is 9.77. The summed E-state index contributed by atoms with van der Waals surface area (Å²) in [5, 5.41) is 19.8. The number of benzene rings is 2. The highest BCUT2D eigenvalue weighted by Gasteiger charge is 2.15. The molecule has 5 nitrogen and oxygen atoms in total. The van der Waals surface area contributed by atoms with Crippen molar-refractivity contribution in [2.45, 2.75) is 12.5 Å². The summed E-state index contributed by atoms with van der Waals surface area (Å²) in [7, 11) is 1.63. The lowest BCUT2D eigenvalue weighted by molar-refractivity contribution is 0.265. The molecule has 0 fully saturated rings. The van der Waals surface area contributed by atoms with Gasteiger partial charge in [0.1, 0.15) is 22.8 Å². The predicted molar refractivity (Wildman–Crippen MR) is 106 cm³/mol. The third-order valence-corrected chi connectivity index (χ3v) is 4.03. The summed E-state index contributed by atoms with van der Waals surface area (Å²) in [6.45, 7) is -0.121. The van der Waals surface area contributed by atoms with E-state index in [1.54, 1.807) is 25.3 Å². The first-order valence-corrected chi connectivity index (χ1v) is 8.03. The molecule has 0 bridgehead atoms. The van der Waals surface area contributed by atoms with Crippen LogP contribution in [0, 0.1) is 0 Å². The highest BCUT2D eigenvalue weighted by atomic mass is 35.5. The largest absolute Gasteiger partial charge is 0.508 e. The van der Waals surface area contributed by atoms with Gasteiger partial charge in [0.25, 0.3) is 0 Å². The van der Waals surface area contributed by atoms with E-state index in [1.807, 2.05) is 36.4 Å². The zero-order valence-electron chi connectivity index (χ0n) is 14.4. The van der Waals surface area contributed by atoms with Crippen LogP contribution < -0.4 is 10.5 Å². The number of aliphatic hydroxyl groups is 1. The number of rotatable bonds is 6. The highest BCUT2D eigenvalue weighted by molar-refractivity contribution is 5.87. The Hall–Kier alpha value is -2.47. The van der Waals surface area contributed by atoms with Gasteiger partial charge >= 0.3 is 0 Å². The molecule has 1 atom stereocenters. The van der Waals surface area contributed by atoms with Gasteiger partial charge in [-0.1, -0.05) is 18.2 Å². The van der Waals surface area contributed by atoms with Crippen LogP contribution in [0.4, 0.5) is 0 Å². The van der Waals surface area contributed by atoms with E-state index >= 15 is 0 Å². The third-order valence-electron chi connectivity index (χ3n) is 4.03. The predicted octanol–water partition coefficient (Wildman–Crippen LogP) is 3.60. The number of hydrogen-bond donors (Lipinski definition) is 3. The molecule has 0 saturated heterocycles. The van der Waals surface area contributed by atoms with Crippen LogP contribution in [0.15, 0.2) is 46.9 Å². The van der Waals surface area contributed by atoms with E-state index in [9.17, 15) is 10.2 Å². The van der Waals surface area contributed by atoms with Gasteiger partial charge in [-0.05, 0) is 48.4 Å². The lowest BCUT2D eigenvalue weighted by atomic mass is 10.0. The molecule has 4 N–H and O–H groups in total. The van der Waals surface area contributed by atoms with Crippen molar-refractivity contribution < 1.29 is 19.4 Å². The molecule has 138 valence electrons. The van der Waals surface area contributed by atoms with Crippen LogP contribution in [0.5, 0.6) is 11.5 Å². The molecular weight excluding hydrogens is 354 g/mol. The van der Waals surface area contributed by atoms with E-state index < -0.39 is 6.04 Å². The summed E-state index contributed by atoms with van der Waals surface area (Å²) in [5.41, 5.74) is 8.42. The number of phenolic OH excluding ortho intramolecular Hbond substituents is 1. The second-order valence-corrected chi connectivity index (χ2v) is 5.88. The van der Waals surface area contributed by atoms with Gasteiger partial charge in [0.05, 0.1) is 13.7 Å². The molecule has 0 spiro atoms. The van der Waals surface area contributed by atoms with Crippen LogP contribution in [0.25, 0.3) is 23.1 Å². The van der Waals surface area contributed by atoms with Gasteiger partial charge in [-0.15, -0.1) is 12.4 Å². The van der Waals surface area contributed by atoms with Crippen LogP contribution in [0.1, 0.15) is 16.9 Å². The number of hydrogen-bond acceptors (Lipinski definition) is 5. The standard InChI is InChI=1S/C20H21NO4.ClH/c1-24-16-4-2-3-13(9-16)5-7-19-17(10-14(21)12-22)18-11-15(23)6-8-20(18)25-19;/h2-9,11,14,22-23H,10,12,21H2,1H3;1H/b7-5+;. The first-order valence-electron chi connectivity index (χ1n) is 8.03. The molecule has 0 amide bonds. The monoisotopic (exact) mass is 375 g/mol. The van der Waals surface area contributed by atoms with Crippen LogP contribution >= 0.6 is 12.4 Å². The molecule has 0 aliphatic heterocycles. The minimum Gasteiger partial charge on any atom is -0.508 e. The SMILES string of the molecule is COc1cccc(/C=C/c2oc3ccc(O)cc3c2CC(N)CO)c1.Cl. The quantitative estimate of drug-likeness (QED) is 0.612. The summed E-state index contributed by atoms with van der Waals surface area (Å²) in [6, 6.07) is 12.2. The van der Waals surface area contributed by atoms with Crippen LogP contribution in [0.3, 0.4) is 0 Å². The van der Waals surface area contributed by atoms with E-state index in [4.69, 9.17) is 14.9 Å². The number of aliphatic hydroxyl groups excluding tert-OH is 1. The molecular formula is C20H22ClNO4. The molecule has 1 aromatic heterocycles. The fourth-order valence-corrected chi connectivity index (χ4v) is 2.74. The topological polar surface area (TPSA) is 88.9 Å². The van der Waals surface area contributed by atoms with Crippen molar-refractivity contribution >= 4 is 35.5 Å². The van der Waals surface area contributed by atoms with E-state index in [-0.39, 0.29) is 24.8 Å². The fraction of sp³-hybridized carbons (Fsp3) is 0.200. The van der Waals surface area contributed by atoms with Crippen molar-refractivity contribution in [1.29, 1.82) is 0 Å². The van der Waals surface area contributed by atoms with Gasteiger partial charge < -0.3 is 25.1 Å². The molecule has 1 heterocycles. The highest BCUT2D eigenvalue weighted by Crippen LogP contribution is 2.31. The number of nitrogens with two attached hydrogens (primary N) is 1. The molecule has 0 saturated carbocycles. The maximum atomic E-state index is 9.77. The first-order chi connectivity index (χ1) is 12.1. The third kappa shape index (κ3) is 4.38. The van der Waals surface area contributed by atoms with Gasteiger partial charge in [0.2, 0.25) is 0 Å². The Bertz CT molecular complexity index is 904. The Morgan fingerprint density at radius 2 is 2.00 bits per heavy atom. The van der Waals surface area contributed by atoms with Gasteiger partial charge in [-0.25, -0.2) is 0 Å². The van der Waals surface area contributed by atoms with E-state index in [0.717, 1.165) is 22.3 Å². The molecule has 26 heavy (non-hydrogen) atoms. The minimum atomic E-state index is -0.396. The van der Waals surface area contributed by atoms with Crippen molar-refractivity contribution in [2.75, 3.05) is 13.7 Å². The number of phenols is 1. The van der Waals surface area contributed by atoms with Crippen molar-refractivity contribution in [3.8, 4) is 11.5 Å². The van der Waals surface area contributed by atoms with Crippen LogP contribution in [-0.4, -0.2) is 30.0 Å². The molecule has 0 aliphatic carbocycles. The molecule has 1 unspecified atom stereocenters. The van der Waals surface area contributed by atoms with Gasteiger partial charge in [0, 0.05) is 17.0 Å². The Labute approximate surface area is 158 Å². The molecule has 0 aliphatic rings. The fourth-order valence-electron chi connectivity index (χ4n) is 2.74. The van der Waals surface area contributed by atoms with Gasteiger partial charge in [-0.3, -0.25) is 0 Å². The Kier molecular flexibility index (Phi) is 6.69. The number of ether oxygens (including phenoxy) is 1. The average molecular weight is 376 g/mol. The van der Waals surface area contributed by atoms with Crippen molar-refractivity contribution in [1.82, 2.24) is 0 Å². The van der Waals surface area contributed by atoms with Crippen molar-refractivity contribution in [3.05, 3.63) is 59.4 Å². The Balaban J connectivity index is 0.00000243. The van der Waals surface area contributed by atoms with Crippen molar-refractivity contribution in [2.24, 2.45) is 5.73 Å². The normalized spacial score (nSPS) is 12.3. The summed E-state index contributed by atoms with van der Waals surface area (Å²) >= 11 is 0. The molecule has 3 rings (SSSR count). The number of fused-ring (bicyclic) bond motifs is 1. The number of methoxy groups -OCH3 is 1. The van der Waals surface area contributed by atoms with Crippen LogP contribution in [-0.2, 0) is 6.42 Å². The summed E-state index contributed by atoms with van der Waals surface area (Å²) in [4.78, 5) is 0. The summed E-state index contributed by atoms with van der Waals surface area (Å²) < 4.78 is 11.1. The molecule has 0 radical (unpaired) electrons. The van der Waals surface area contributed by atoms with Crippen LogP contribution in [0.2, 0.25) is 0 Å². The van der Waals surface area contributed by atoms with Crippen molar-refractivity contribution in [3.63, 3.8) is 0 Å². The van der Waals surface area contributed by atoms with E-state index in [0.29, 0.717) is 17.8 Å². The van der Waals surface area contributed by atoms with E-state index in [1.165, 1.54) is 0 Å². The van der Waals surface area contributed by atoms with Gasteiger partial charge in [-0.2, -0.15) is 0 Å². The number of furan rings is 1. The number of halogens is 1. The van der Waals surface area contributed by atoms with E-state index in [2.05, 4.69) is 0 Å². The lowest BCUT2D eigenvalue weighted by Crippen LogP contribution is -2.26. The minimum absolute atomic E-state index is 0. The zero-order valence-corrected chi connectivity index (χ0v) is 15.2. The Morgan fingerprint density at radius 1 is 1.19 bits per heavy atom. The smallest absolute Gasteiger partial charge is 0.135 e. The number of aromatic hydroxyl groups is 1. The average Bonchev–Trinajstić information content (AvgIpc) is 2.97. The summed E-state index contributed by atoms with van der Waals surface area (Å²) in [5.74, 6) is 1.60. The zero-order chi connectivity index (χ0) is 17.8. The maximum Gasteiger partial charge on any atom is 0.135 e. The molecule has 2 aromatic carbocycles. The first kappa shape index (κ1) is 19.8. The molecule has 6 heteroatoms. The van der Waals surface area contributed by atoms with Gasteiger partial charge in [0.15, 0.2) is 0 Å². The molecule has 3 aromatic rings. The lowest BCUT2D eigenvalue weighted by Gasteiger charge is -2.07. The Morgan fingerprint density at radius 3 is 2.73 bits per heavy atom. The second-order valence-electron chi connectivity index (χ2n) is 5.88.